The molecule has 0 amide bonds. The molecular weight excluding hydrogens is 350 g/mol. The zero-order chi connectivity index (χ0) is 18.8. The average Bonchev–Trinajstić information content (AvgIpc) is 2.65. The molecule has 0 aliphatic carbocycles. The Labute approximate surface area is 162 Å². The Morgan fingerprint density at radius 2 is 2.08 bits per heavy atom. The van der Waals surface area contributed by atoms with Crippen molar-refractivity contribution >= 4 is 17.6 Å². The average molecular weight is 382 g/mol. The van der Waals surface area contributed by atoms with Crippen LogP contribution in [0.15, 0.2) is 23.3 Å². The van der Waals surface area contributed by atoms with Gasteiger partial charge in [-0.3, -0.25) is 9.89 Å². The lowest BCUT2D eigenvalue weighted by atomic mass is 10.0. The summed E-state index contributed by atoms with van der Waals surface area (Å²) in [5, 5.41) is 7.39. The molecule has 1 aromatic rings. The standard InChI is InChI=1S/C19H32ClN5O/c1-15(2)12-17(25-8-10-26-11-9-25)14-24-19(21-3)22-7-6-16-4-5-18(20)23-13-16/h4-5,13,15,17H,6-12,14H2,1-3H3,(H2,21,22,24). The zero-order valence-electron chi connectivity index (χ0n) is 16.2. The van der Waals surface area contributed by atoms with Gasteiger partial charge in [0.05, 0.1) is 13.2 Å². The first-order valence-electron chi connectivity index (χ1n) is 9.45. The van der Waals surface area contributed by atoms with Gasteiger partial charge in [-0.25, -0.2) is 4.98 Å². The smallest absolute Gasteiger partial charge is 0.191 e. The number of hydrogen-bond acceptors (Lipinski definition) is 4. The van der Waals surface area contributed by atoms with E-state index in [0.29, 0.717) is 17.1 Å². The third kappa shape index (κ3) is 7.48. The number of halogens is 1. The molecule has 26 heavy (non-hydrogen) atoms. The fraction of sp³-hybridized carbons (Fsp3) is 0.684. The fourth-order valence-electron chi connectivity index (χ4n) is 3.16. The molecule has 6 nitrogen and oxygen atoms in total. The van der Waals surface area contributed by atoms with Gasteiger partial charge in [0.1, 0.15) is 5.15 Å². The minimum atomic E-state index is 0.498. The number of hydrogen-bond donors (Lipinski definition) is 2. The summed E-state index contributed by atoms with van der Waals surface area (Å²) in [6, 6.07) is 4.32. The largest absolute Gasteiger partial charge is 0.379 e. The van der Waals surface area contributed by atoms with E-state index < -0.39 is 0 Å². The second kappa shape index (κ2) is 11.4. The number of morpholine rings is 1. The van der Waals surface area contributed by atoms with Crippen LogP contribution >= 0.6 is 11.6 Å². The summed E-state index contributed by atoms with van der Waals surface area (Å²) >= 11 is 5.82. The monoisotopic (exact) mass is 381 g/mol. The molecule has 2 rings (SSSR count). The molecule has 1 atom stereocenters. The van der Waals surface area contributed by atoms with Crippen molar-refractivity contribution < 1.29 is 4.74 Å². The molecule has 2 heterocycles. The lowest BCUT2D eigenvalue weighted by Crippen LogP contribution is -2.51. The quantitative estimate of drug-likeness (QED) is 0.410. The minimum absolute atomic E-state index is 0.498. The fourth-order valence-corrected chi connectivity index (χ4v) is 3.27. The van der Waals surface area contributed by atoms with Crippen LogP contribution < -0.4 is 10.6 Å². The van der Waals surface area contributed by atoms with Gasteiger partial charge in [0, 0.05) is 45.5 Å². The van der Waals surface area contributed by atoms with Crippen LogP contribution in [0.2, 0.25) is 5.15 Å². The molecule has 0 bridgehead atoms. The van der Waals surface area contributed by atoms with E-state index in [2.05, 4.69) is 39.4 Å². The highest BCUT2D eigenvalue weighted by molar-refractivity contribution is 6.29. The predicted octanol–water partition coefficient (Wildman–Crippen LogP) is 2.19. The van der Waals surface area contributed by atoms with Crippen molar-refractivity contribution in [2.24, 2.45) is 10.9 Å². The van der Waals surface area contributed by atoms with Crippen LogP contribution in [0.5, 0.6) is 0 Å². The third-order valence-electron chi connectivity index (χ3n) is 4.53. The minimum Gasteiger partial charge on any atom is -0.379 e. The van der Waals surface area contributed by atoms with Gasteiger partial charge in [-0.15, -0.1) is 0 Å². The molecule has 1 saturated heterocycles. The van der Waals surface area contributed by atoms with E-state index in [4.69, 9.17) is 16.3 Å². The van der Waals surface area contributed by atoms with E-state index in [0.717, 1.165) is 57.3 Å². The zero-order valence-corrected chi connectivity index (χ0v) is 16.9. The summed E-state index contributed by atoms with van der Waals surface area (Å²) in [6.45, 7) is 9.92. The van der Waals surface area contributed by atoms with Crippen molar-refractivity contribution in [2.75, 3.05) is 46.4 Å². The number of rotatable bonds is 8. The molecular formula is C19H32ClN5O. The van der Waals surface area contributed by atoms with Crippen LogP contribution in [0.25, 0.3) is 0 Å². The third-order valence-corrected chi connectivity index (χ3v) is 4.75. The van der Waals surface area contributed by atoms with Crippen LogP contribution in [0.1, 0.15) is 25.8 Å². The van der Waals surface area contributed by atoms with Crippen LogP contribution in [-0.4, -0.2) is 68.3 Å². The molecule has 1 fully saturated rings. The number of aliphatic imine (C=N–C) groups is 1. The van der Waals surface area contributed by atoms with Gasteiger partial charge in [-0.2, -0.15) is 0 Å². The first-order valence-corrected chi connectivity index (χ1v) is 9.83. The number of nitrogens with zero attached hydrogens (tertiary/aromatic N) is 3. The van der Waals surface area contributed by atoms with Crippen LogP contribution in [0.3, 0.4) is 0 Å². The number of aromatic nitrogens is 1. The lowest BCUT2D eigenvalue weighted by Gasteiger charge is -2.35. The summed E-state index contributed by atoms with van der Waals surface area (Å²) in [5.74, 6) is 1.51. The molecule has 0 spiro atoms. The molecule has 1 aliphatic heterocycles. The Kier molecular flexibility index (Phi) is 9.15. The van der Waals surface area contributed by atoms with Gasteiger partial charge in [0.15, 0.2) is 5.96 Å². The highest BCUT2D eigenvalue weighted by Crippen LogP contribution is 2.13. The normalized spacial score (nSPS) is 17.3. The van der Waals surface area contributed by atoms with Gasteiger partial charge in [-0.05, 0) is 30.4 Å². The van der Waals surface area contributed by atoms with Gasteiger partial charge in [0.25, 0.3) is 0 Å². The second-order valence-corrected chi connectivity index (χ2v) is 7.44. The van der Waals surface area contributed by atoms with E-state index >= 15 is 0 Å². The Morgan fingerprint density at radius 3 is 2.69 bits per heavy atom. The Morgan fingerprint density at radius 1 is 1.31 bits per heavy atom. The second-order valence-electron chi connectivity index (χ2n) is 7.05. The van der Waals surface area contributed by atoms with Crippen molar-refractivity contribution in [3.63, 3.8) is 0 Å². The van der Waals surface area contributed by atoms with Gasteiger partial charge < -0.3 is 15.4 Å². The van der Waals surface area contributed by atoms with E-state index in [-0.39, 0.29) is 0 Å². The molecule has 0 radical (unpaired) electrons. The summed E-state index contributed by atoms with van der Waals surface area (Å²) < 4.78 is 5.49. The SMILES string of the molecule is CN=C(NCCc1ccc(Cl)nc1)NCC(CC(C)C)N1CCOCC1. The van der Waals surface area contributed by atoms with Crippen LogP contribution in [0.4, 0.5) is 0 Å². The highest BCUT2D eigenvalue weighted by Gasteiger charge is 2.22. The van der Waals surface area contributed by atoms with Gasteiger partial charge >= 0.3 is 0 Å². The molecule has 2 N–H and O–H groups in total. The van der Waals surface area contributed by atoms with Crippen molar-refractivity contribution in [1.29, 1.82) is 0 Å². The molecule has 1 unspecified atom stereocenters. The van der Waals surface area contributed by atoms with Crippen molar-refractivity contribution in [3.05, 3.63) is 29.0 Å². The molecule has 1 aliphatic rings. The number of guanidine groups is 1. The van der Waals surface area contributed by atoms with E-state index in [1.165, 1.54) is 6.42 Å². The Balaban J connectivity index is 1.78. The topological polar surface area (TPSA) is 61.8 Å². The molecule has 0 aromatic carbocycles. The van der Waals surface area contributed by atoms with Crippen LogP contribution in [-0.2, 0) is 11.2 Å². The Bertz CT molecular complexity index is 543. The van der Waals surface area contributed by atoms with Gasteiger partial charge in [0.2, 0.25) is 0 Å². The maximum absolute atomic E-state index is 5.82. The summed E-state index contributed by atoms with van der Waals surface area (Å²) in [6.07, 6.45) is 3.86. The van der Waals surface area contributed by atoms with E-state index in [1.54, 1.807) is 0 Å². The lowest BCUT2D eigenvalue weighted by molar-refractivity contribution is 0.0132. The molecule has 146 valence electrons. The summed E-state index contributed by atoms with van der Waals surface area (Å²) in [7, 11) is 1.81. The molecule has 1 aromatic heterocycles. The first kappa shape index (κ1) is 20.9. The number of nitrogens with one attached hydrogen (secondary N) is 2. The maximum atomic E-state index is 5.82. The van der Waals surface area contributed by atoms with Crippen molar-refractivity contribution in [3.8, 4) is 0 Å². The molecule has 7 heteroatoms. The van der Waals surface area contributed by atoms with Crippen LogP contribution in [0, 0.1) is 5.92 Å². The van der Waals surface area contributed by atoms with Gasteiger partial charge in [-0.1, -0.05) is 31.5 Å². The Hall–Kier alpha value is -1.37. The predicted molar refractivity (Wildman–Crippen MR) is 108 cm³/mol. The number of pyridine rings is 1. The first-order chi connectivity index (χ1) is 12.6. The van der Waals surface area contributed by atoms with Crippen molar-refractivity contribution in [2.45, 2.75) is 32.7 Å². The van der Waals surface area contributed by atoms with E-state index in [1.807, 2.05) is 25.4 Å². The summed E-state index contributed by atoms with van der Waals surface area (Å²) in [4.78, 5) is 11.0. The van der Waals surface area contributed by atoms with E-state index in [9.17, 15) is 0 Å². The summed E-state index contributed by atoms with van der Waals surface area (Å²) in [5.41, 5.74) is 1.16. The maximum Gasteiger partial charge on any atom is 0.191 e. The number of ether oxygens (including phenoxy) is 1. The molecule has 0 saturated carbocycles. The highest BCUT2D eigenvalue weighted by atomic mass is 35.5. The van der Waals surface area contributed by atoms with Crippen molar-refractivity contribution in [1.82, 2.24) is 20.5 Å².